The van der Waals surface area contributed by atoms with Crippen LogP contribution in [0, 0.1) is 17.2 Å². The summed E-state index contributed by atoms with van der Waals surface area (Å²) in [5.74, 6) is 1.30. The smallest absolute Gasteiger partial charge is 0.137 e. The highest BCUT2D eigenvalue weighted by Crippen LogP contribution is 2.27. The maximum atomic E-state index is 9.29. The number of hydrogen-bond donors (Lipinski definition) is 0. The third kappa shape index (κ3) is 2.62. The van der Waals surface area contributed by atoms with Crippen LogP contribution in [0.5, 0.6) is 5.75 Å². The van der Waals surface area contributed by atoms with Gasteiger partial charge in [-0.1, -0.05) is 44.2 Å². The third-order valence-corrected chi connectivity index (χ3v) is 2.96. The van der Waals surface area contributed by atoms with Crippen LogP contribution >= 0.6 is 0 Å². The van der Waals surface area contributed by atoms with Crippen LogP contribution in [0.3, 0.4) is 0 Å². The minimum atomic E-state index is 0.607. The highest BCUT2D eigenvalue weighted by atomic mass is 16.5. The van der Waals surface area contributed by atoms with Crippen molar-refractivity contribution in [1.29, 1.82) is 5.26 Å². The highest BCUT2D eigenvalue weighted by Gasteiger charge is 2.08. The first-order valence-electron chi connectivity index (χ1n) is 6.27. The Labute approximate surface area is 108 Å². The van der Waals surface area contributed by atoms with Crippen LogP contribution in [0.4, 0.5) is 0 Å². The maximum absolute atomic E-state index is 9.29. The van der Waals surface area contributed by atoms with Crippen molar-refractivity contribution >= 4 is 10.8 Å². The zero-order chi connectivity index (χ0) is 13.0. The summed E-state index contributed by atoms with van der Waals surface area (Å²) >= 11 is 0. The summed E-state index contributed by atoms with van der Waals surface area (Å²) in [6.45, 7) is 4.98. The zero-order valence-electron chi connectivity index (χ0n) is 10.8. The molecule has 18 heavy (non-hydrogen) atoms. The van der Waals surface area contributed by atoms with Gasteiger partial charge in [-0.3, -0.25) is 0 Å². The Hall–Kier alpha value is -2.01. The van der Waals surface area contributed by atoms with Crippen molar-refractivity contribution in [2.75, 3.05) is 6.61 Å². The fraction of sp³-hybridized carbons (Fsp3) is 0.312. The molecule has 92 valence electrons. The van der Waals surface area contributed by atoms with Crippen LogP contribution in [-0.4, -0.2) is 6.61 Å². The molecule has 0 bridgehead atoms. The predicted molar refractivity (Wildman–Crippen MR) is 73.6 cm³/mol. The van der Waals surface area contributed by atoms with Crippen LogP contribution in [0.2, 0.25) is 0 Å². The molecule has 0 unspecified atom stereocenters. The molecule has 0 aliphatic rings. The normalized spacial score (nSPS) is 10.6. The van der Waals surface area contributed by atoms with E-state index in [1.165, 1.54) is 0 Å². The van der Waals surface area contributed by atoms with Gasteiger partial charge in [-0.15, -0.1) is 0 Å². The van der Waals surface area contributed by atoms with Crippen LogP contribution in [0.15, 0.2) is 36.4 Å². The molecule has 0 fully saturated rings. The molecule has 0 heterocycles. The summed E-state index contributed by atoms with van der Waals surface area (Å²) in [5.41, 5.74) is 0.636. The number of benzene rings is 2. The molecule has 0 amide bonds. The average molecular weight is 239 g/mol. The van der Waals surface area contributed by atoms with Gasteiger partial charge >= 0.3 is 0 Å². The van der Waals surface area contributed by atoms with Crippen molar-refractivity contribution in [3.05, 3.63) is 42.0 Å². The van der Waals surface area contributed by atoms with E-state index in [1.54, 1.807) is 0 Å². The zero-order valence-corrected chi connectivity index (χ0v) is 10.8. The van der Waals surface area contributed by atoms with E-state index in [0.29, 0.717) is 23.8 Å². The molecular formula is C16H17NO. The van der Waals surface area contributed by atoms with Crippen molar-refractivity contribution in [2.24, 2.45) is 5.92 Å². The Morgan fingerprint density at radius 2 is 1.94 bits per heavy atom. The molecule has 0 spiro atoms. The lowest BCUT2D eigenvalue weighted by Crippen LogP contribution is -2.02. The minimum Gasteiger partial charge on any atom is -0.492 e. The van der Waals surface area contributed by atoms with Gasteiger partial charge in [-0.25, -0.2) is 0 Å². The van der Waals surface area contributed by atoms with Gasteiger partial charge in [0, 0.05) is 5.39 Å². The lowest BCUT2D eigenvalue weighted by Gasteiger charge is -2.11. The first-order valence-corrected chi connectivity index (χ1v) is 6.27. The summed E-state index contributed by atoms with van der Waals surface area (Å²) in [6.07, 6.45) is 0.998. The van der Waals surface area contributed by atoms with Crippen molar-refractivity contribution in [3.8, 4) is 11.8 Å². The summed E-state index contributed by atoms with van der Waals surface area (Å²) < 4.78 is 5.72. The van der Waals surface area contributed by atoms with E-state index in [4.69, 9.17) is 4.74 Å². The van der Waals surface area contributed by atoms with E-state index in [2.05, 4.69) is 19.9 Å². The van der Waals surface area contributed by atoms with Gasteiger partial charge in [0.15, 0.2) is 0 Å². The Morgan fingerprint density at radius 1 is 1.17 bits per heavy atom. The quantitative estimate of drug-likeness (QED) is 0.803. The Balaban J connectivity index is 2.31. The van der Waals surface area contributed by atoms with Crippen molar-refractivity contribution < 1.29 is 4.74 Å². The second-order valence-electron chi connectivity index (χ2n) is 4.80. The van der Waals surface area contributed by atoms with Gasteiger partial charge in [0.05, 0.1) is 6.61 Å². The van der Waals surface area contributed by atoms with Crippen LogP contribution in [-0.2, 0) is 0 Å². The van der Waals surface area contributed by atoms with E-state index in [-0.39, 0.29) is 0 Å². The van der Waals surface area contributed by atoms with Gasteiger partial charge in [0.25, 0.3) is 0 Å². The molecule has 0 saturated carbocycles. The fourth-order valence-corrected chi connectivity index (χ4v) is 1.89. The lowest BCUT2D eigenvalue weighted by atomic mass is 10.0. The molecule has 2 rings (SSSR count). The van der Waals surface area contributed by atoms with Crippen LogP contribution in [0.25, 0.3) is 10.8 Å². The Kier molecular flexibility index (Phi) is 3.84. The molecule has 0 aromatic heterocycles. The number of nitrogens with zero attached hydrogens (tertiary/aromatic N) is 1. The molecule has 2 aromatic carbocycles. The van der Waals surface area contributed by atoms with Crippen molar-refractivity contribution in [1.82, 2.24) is 0 Å². The standard InChI is InChI=1S/C16H17NO/c1-12(2)9-10-18-16-8-7-13-5-3-4-6-14(13)15(16)11-17/h3-8,12H,9-10H2,1-2H3. The van der Waals surface area contributed by atoms with Gasteiger partial charge in [0.1, 0.15) is 17.4 Å². The van der Waals surface area contributed by atoms with Crippen LogP contribution < -0.4 is 4.74 Å². The molecule has 0 N–H and O–H groups in total. The van der Waals surface area contributed by atoms with E-state index in [1.807, 2.05) is 36.4 Å². The lowest BCUT2D eigenvalue weighted by molar-refractivity contribution is 0.289. The summed E-state index contributed by atoms with van der Waals surface area (Å²) in [5, 5.41) is 11.3. The largest absolute Gasteiger partial charge is 0.492 e. The van der Waals surface area contributed by atoms with Gasteiger partial charge in [0.2, 0.25) is 0 Å². The summed E-state index contributed by atoms with van der Waals surface area (Å²) in [6, 6.07) is 14.0. The number of nitriles is 1. The highest BCUT2D eigenvalue weighted by molar-refractivity contribution is 5.90. The molecule has 0 aliphatic heterocycles. The molecular weight excluding hydrogens is 222 g/mol. The minimum absolute atomic E-state index is 0.607. The van der Waals surface area contributed by atoms with Crippen molar-refractivity contribution in [3.63, 3.8) is 0 Å². The number of ether oxygens (including phenoxy) is 1. The van der Waals surface area contributed by atoms with Gasteiger partial charge in [-0.05, 0) is 23.8 Å². The Bertz CT molecular complexity index is 581. The van der Waals surface area contributed by atoms with E-state index in [0.717, 1.165) is 17.2 Å². The number of fused-ring (bicyclic) bond motifs is 1. The average Bonchev–Trinajstić information content (AvgIpc) is 2.38. The second-order valence-corrected chi connectivity index (χ2v) is 4.80. The molecule has 0 radical (unpaired) electrons. The monoisotopic (exact) mass is 239 g/mol. The van der Waals surface area contributed by atoms with E-state index < -0.39 is 0 Å². The predicted octanol–water partition coefficient (Wildman–Crippen LogP) is 4.14. The maximum Gasteiger partial charge on any atom is 0.137 e. The number of hydrogen-bond acceptors (Lipinski definition) is 2. The van der Waals surface area contributed by atoms with Gasteiger partial charge in [-0.2, -0.15) is 5.26 Å². The first kappa shape index (κ1) is 12.4. The molecule has 2 nitrogen and oxygen atoms in total. The van der Waals surface area contributed by atoms with E-state index >= 15 is 0 Å². The summed E-state index contributed by atoms with van der Waals surface area (Å²) in [4.78, 5) is 0. The molecule has 2 heteroatoms. The SMILES string of the molecule is CC(C)CCOc1ccc2ccccc2c1C#N. The van der Waals surface area contributed by atoms with Crippen LogP contribution in [0.1, 0.15) is 25.8 Å². The fourth-order valence-electron chi connectivity index (χ4n) is 1.89. The number of rotatable bonds is 4. The Morgan fingerprint density at radius 3 is 2.67 bits per heavy atom. The van der Waals surface area contributed by atoms with Gasteiger partial charge < -0.3 is 4.74 Å². The summed E-state index contributed by atoms with van der Waals surface area (Å²) in [7, 11) is 0. The molecule has 0 atom stereocenters. The molecule has 2 aromatic rings. The first-order chi connectivity index (χ1) is 8.72. The van der Waals surface area contributed by atoms with E-state index in [9.17, 15) is 5.26 Å². The second kappa shape index (κ2) is 5.55. The van der Waals surface area contributed by atoms with Crippen molar-refractivity contribution in [2.45, 2.75) is 20.3 Å². The topological polar surface area (TPSA) is 33.0 Å². The molecule has 0 aliphatic carbocycles. The molecule has 0 saturated heterocycles. The third-order valence-electron chi connectivity index (χ3n) is 2.96.